The quantitative estimate of drug-likeness (QED) is 0.332. The number of benzene rings is 1. The number of nitrogens with one attached hydrogen (secondary N) is 2. The molecular weight excluding hydrogens is 497 g/mol. The van der Waals surface area contributed by atoms with Crippen molar-refractivity contribution in [3.63, 3.8) is 0 Å². The van der Waals surface area contributed by atoms with Crippen molar-refractivity contribution in [2.75, 3.05) is 27.2 Å². The number of thiophene rings is 1. The summed E-state index contributed by atoms with van der Waals surface area (Å²) in [5.74, 6) is -0.992. The van der Waals surface area contributed by atoms with E-state index < -0.39 is 17.7 Å². The van der Waals surface area contributed by atoms with Crippen LogP contribution in [0.5, 0.6) is 0 Å². The summed E-state index contributed by atoms with van der Waals surface area (Å²) < 4.78 is 27.1. The summed E-state index contributed by atoms with van der Waals surface area (Å²) in [4.78, 5) is 18.8. The molecule has 1 aromatic carbocycles. The molecule has 0 bridgehead atoms. The van der Waals surface area contributed by atoms with Crippen LogP contribution in [0.1, 0.15) is 23.4 Å². The molecule has 0 spiro atoms. The number of carbonyl (C=O) groups is 1. The Morgan fingerprint density at radius 1 is 1.29 bits per heavy atom. The van der Waals surface area contributed by atoms with Gasteiger partial charge in [0, 0.05) is 37.1 Å². The van der Waals surface area contributed by atoms with E-state index in [-0.39, 0.29) is 36.4 Å². The maximum atomic E-state index is 14.0. The minimum Gasteiger partial charge on any atom is -0.356 e. The lowest BCUT2D eigenvalue weighted by molar-refractivity contribution is -0.127. The largest absolute Gasteiger partial charge is 0.356 e. The van der Waals surface area contributed by atoms with Crippen molar-refractivity contribution >= 4 is 47.2 Å². The van der Waals surface area contributed by atoms with E-state index in [4.69, 9.17) is 0 Å². The number of amides is 1. The zero-order chi connectivity index (χ0) is 19.8. The van der Waals surface area contributed by atoms with Crippen LogP contribution in [0, 0.1) is 11.6 Å². The van der Waals surface area contributed by atoms with E-state index in [1.165, 1.54) is 21.9 Å². The Morgan fingerprint density at radius 2 is 2.04 bits per heavy atom. The molecular formula is C19H25F2IN4OS. The van der Waals surface area contributed by atoms with Gasteiger partial charge in [0.1, 0.15) is 18.2 Å². The van der Waals surface area contributed by atoms with E-state index in [0.717, 1.165) is 12.5 Å². The Balaban J connectivity index is 0.00000392. The first kappa shape index (κ1) is 24.3. The van der Waals surface area contributed by atoms with Gasteiger partial charge >= 0.3 is 0 Å². The van der Waals surface area contributed by atoms with Crippen molar-refractivity contribution in [3.05, 3.63) is 57.8 Å². The number of halogens is 3. The maximum absolute atomic E-state index is 14.0. The minimum atomic E-state index is -0.627. The molecule has 2 N–H and O–H groups in total. The van der Waals surface area contributed by atoms with Crippen molar-refractivity contribution in [1.82, 2.24) is 15.5 Å². The Kier molecular flexibility index (Phi) is 10.4. The molecule has 0 aliphatic rings. The van der Waals surface area contributed by atoms with Gasteiger partial charge in [0.05, 0.1) is 6.04 Å². The summed E-state index contributed by atoms with van der Waals surface area (Å²) >= 11 is 1.66. The van der Waals surface area contributed by atoms with Crippen LogP contribution in [-0.4, -0.2) is 44.0 Å². The fourth-order valence-corrected chi connectivity index (χ4v) is 3.04. The summed E-state index contributed by atoms with van der Waals surface area (Å²) in [7, 11) is 3.32. The molecule has 0 fully saturated rings. The number of aliphatic imine (C=N–C) groups is 1. The predicted molar refractivity (Wildman–Crippen MR) is 120 cm³/mol. The molecule has 1 unspecified atom stereocenters. The number of nitrogens with zero attached hydrogens (tertiary/aromatic N) is 2. The number of likely N-dealkylation sites (N-methyl/N-ethyl adjacent to an activating group) is 1. The smallest absolute Gasteiger partial charge is 0.243 e. The SMILES string of the molecule is CC(NC(=NCC(=O)N(C)C)NCCc1cccs1)c1ccc(F)cc1F.I. The molecule has 9 heteroatoms. The lowest BCUT2D eigenvalue weighted by Gasteiger charge is -2.19. The number of carbonyl (C=O) groups excluding carboxylic acids is 1. The van der Waals surface area contributed by atoms with Gasteiger partial charge in [-0.25, -0.2) is 13.8 Å². The van der Waals surface area contributed by atoms with Gasteiger partial charge in [-0.3, -0.25) is 4.79 Å². The van der Waals surface area contributed by atoms with E-state index in [0.29, 0.717) is 18.1 Å². The fraction of sp³-hybridized carbons (Fsp3) is 0.368. The van der Waals surface area contributed by atoms with E-state index in [2.05, 4.69) is 15.6 Å². The number of guanidine groups is 1. The molecule has 5 nitrogen and oxygen atoms in total. The van der Waals surface area contributed by atoms with Crippen LogP contribution in [-0.2, 0) is 11.2 Å². The lowest BCUT2D eigenvalue weighted by Crippen LogP contribution is -2.40. The fourth-order valence-electron chi connectivity index (χ4n) is 2.34. The van der Waals surface area contributed by atoms with Gasteiger partial charge < -0.3 is 15.5 Å². The van der Waals surface area contributed by atoms with Crippen LogP contribution < -0.4 is 10.6 Å². The monoisotopic (exact) mass is 522 g/mol. The summed E-state index contributed by atoms with van der Waals surface area (Å²) in [6, 6.07) is 7.05. The Bertz CT molecular complexity index is 784. The van der Waals surface area contributed by atoms with Gasteiger partial charge in [-0.2, -0.15) is 0 Å². The van der Waals surface area contributed by atoms with Gasteiger partial charge in [-0.1, -0.05) is 12.1 Å². The molecule has 1 heterocycles. The molecule has 1 amide bonds. The van der Waals surface area contributed by atoms with Gasteiger partial charge in [0.2, 0.25) is 5.91 Å². The summed E-state index contributed by atoms with van der Waals surface area (Å²) in [5.41, 5.74) is 0.322. The molecule has 154 valence electrons. The van der Waals surface area contributed by atoms with Crippen molar-refractivity contribution < 1.29 is 13.6 Å². The molecule has 1 aromatic heterocycles. The van der Waals surface area contributed by atoms with Gasteiger partial charge in [-0.15, -0.1) is 35.3 Å². The highest BCUT2D eigenvalue weighted by atomic mass is 127. The maximum Gasteiger partial charge on any atom is 0.243 e. The molecule has 0 saturated heterocycles. The topological polar surface area (TPSA) is 56.7 Å². The minimum absolute atomic E-state index is 0. The van der Waals surface area contributed by atoms with Gasteiger partial charge in [-0.05, 0) is 30.9 Å². The van der Waals surface area contributed by atoms with Crippen LogP contribution in [0.4, 0.5) is 8.78 Å². The van der Waals surface area contributed by atoms with Crippen molar-refractivity contribution in [2.45, 2.75) is 19.4 Å². The molecule has 0 aliphatic heterocycles. The third kappa shape index (κ3) is 7.70. The second-order valence-corrected chi connectivity index (χ2v) is 7.27. The van der Waals surface area contributed by atoms with Crippen LogP contribution in [0.15, 0.2) is 40.7 Å². The van der Waals surface area contributed by atoms with Gasteiger partial charge in [0.25, 0.3) is 0 Å². The number of rotatable bonds is 7. The summed E-state index contributed by atoms with van der Waals surface area (Å²) in [5, 5.41) is 8.25. The second kappa shape index (κ2) is 11.9. The van der Waals surface area contributed by atoms with E-state index >= 15 is 0 Å². The third-order valence-corrected chi connectivity index (χ3v) is 4.83. The first-order valence-electron chi connectivity index (χ1n) is 8.59. The molecule has 2 rings (SSSR count). The third-order valence-electron chi connectivity index (χ3n) is 3.90. The van der Waals surface area contributed by atoms with Crippen LogP contribution in [0.25, 0.3) is 0 Å². The van der Waals surface area contributed by atoms with Crippen LogP contribution >= 0.6 is 35.3 Å². The first-order valence-corrected chi connectivity index (χ1v) is 9.47. The second-order valence-electron chi connectivity index (χ2n) is 6.24. The average Bonchev–Trinajstić information content (AvgIpc) is 3.12. The molecule has 0 radical (unpaired) electrons. The lowest BCUT2D eigenvalue weighted by atomic mass is 10.1. The predicted octanol–water partition coefficient (Wildman–Crippen LogP) is 3.57. The van der Waals surface area contributed by atoms with E-state index in [1.54, 1.807) is 32.4 Å². The molecule has 2 aromatic rings. The Morgan fingerprint density at radius 3 is 2.64 bits per heavy atom. The van der Waals surface area contributed by atoms with Crippen molar-refractivity contribution in [2.24, 2.45) is 4.99 Å². The van der Waals surface area contributed by atoms with Crippen molar-refractivity contribution in [3.8, 4) is 0 Å². The first-order chi connectivity index (χ1) is 12.9. The molecule has 28 heavy (non-hydrogen) atoms. The zero-order valence-electron chi connectivity index (χ0n) is 16.0. The van der Waals surface area contributed by atoms with E-state index in [1.807, 2.05) is 17.5 Å². The molecule has 0 aliphatic carbocycles. The normalized spacial score (nSPS) is 12.1. The number of hydrogen-bond donors (Lipinski definition) is 2. The average molecular weight is 522 g/mol. The molecule has 0 saturated carbocycles. The van der Waals surface area contributed by atoms with Crippen LogP contribution in [0.2, 0.25) is 0 Å². The van der Waals surface area contributed by atoms with Crippen LogP contribution in [0.3, 0.4) is 0 Å². The highest BCUT2D eigenvalue weighted by Crippen LogP contribution is 2.17. The standard InChI is InChI=1S/C19H24F2N4OS.HI/c1-13(16-7-6-14(20)11-17(16)21)24-19(23-12-18(26)25(2)3)22-9-8-15-5-4-10-27-15;/h4-7,10-11,13H,8-9,12H2,1-3H3,(H2,22,23,24);1H. The Labute approximate surface area is 185 Å². The molecule has 1 atom stereocenters. The number of hydrogen-bond acceptors (Lipinski definition) is 3. The van der Waals surface area contributed by atoms with Crippen molar-refractivity contribution in [1.29, 1.82) is 0 Å². The van der Waals surface area contributed by atoms with E-state index in [9.17, 15) is 13.6 Å². The van der Waals surface area contributed by atoms with Gasteiger partial charge in [0.15, 0.2) is 5.96 Å². The Hall–Kier alpha value is -1.75. The summed E-state index contributed by atoms with van der Waals surface area (Å²) in [6.07, 6.45) is 0.805. The highest BCUT2D eigenvalue weighted by Gasteiger charge is 2.14. The highest BCUT2D eigenvalue weighted by molar-refractivity contribution is 14.0. The zero-order valence-corrected chi connectivity index (χ0v) is 19.2. The summed E-state index contributed by atoms with van der Waals surface area (Å²) in [6.45, 7) is 2.33.